The molecule has 1 saturated heterocycles. The summed E-state index contributed by atoms with van der Waals surface area (Å²) in [7, 11) is 0. The monoisotopic (exact) mass is 354 g/mol. The van der Waals surface area contributed by atoms with E-state index in [4.69, 9.17) is 9.15 Å². The van der Waals surface area contributed by atoms with Crippen molar-refractivity contribution in [1.29, 1.82) is 0 Å². The second-order valence-electron chi connectivity index (χ2n) is 7.22. The molecule has 0 bridgehead atoms. The number of carbonyl (C=O) groups is 1. The lowest BCUT2D eigenvalue weighted by Crippen LogP contribution is -2.51. The van der Waals surface area contributed by atoms with Crippen molar-refractivity contribution in [3.63, 3.8) is 0 Å². The SMILES string of the molecule is C[C@H](Oc1ccc2c(c1)CCC2)C(=O)N1CCN(Cc2ccco2)CC1. The van der Waals surface area contributed by atoms with Crippen LogP contribution in [-0.2, 0) is 24.2 Å². The predicted molar refractivity (Wildman–Crippen MR) is 99.1 cm³/mol. The molecule has 0 saturated carbocycles. The minimum Gasteiger partial charge on any atom is -0.481 e. The Bertz CT molecular complexity index is 749. The molecule has 26 heavy (non-hydrogen) atoms. The Labute approximate surface area is 154 Å². The topological polar surface area (TPSA) is 45.9 Å². The third-order valence-corrected chi connectivity index (χ3v) is 5.37. The second-order valence-corrected chi connectivity index (χ2v) is 7.22. The van der Waals surface area contributed by atoms with E-state index in [9.17, 15) is 4.79 Å². The number of ether oxygens (including phenoxy) is 1. The average molecular weight is 354 g/mol. The van der Waals surface area contributed by atoms with E-state index in [2.05, 4.69) is 17.0 Å². The molecule has 1 atom stereocenters. The van der Waals surface area contributed by atoms with Gasteiger partial charge in [0.05, 0.1) is 12.8 Å². The van der Waals surface area contributed by atoms with E-state index >= 15 is 0 Å². The van der Waals surface area contributed by atoms with Crippen LogP contribution < -0.4 is 4.74 Å². The van der Waals surface area contributed by atoms with Crippen LogP contribution in [-0.4, -0.2) is 48.0 Å². The standard InChI is InChI=1S/C21H26N2O3/c1-16(26-19-8-7-17-4-2-5-18(17)14-19)21(24)23-11-9-22(10-12-23)15-20-6-3-13-25-20/h3,6-8,13-14,16H,2,4-5,9-12,15H2,1H3/t16-/m0/s1. The largest absolute Gasteiger partial charge is 0.481 e. The number of amides is 1. The normalized spacial score (nSPS) is 18.6. The number of carbonyl (C=O) groups excluding carboxylic acids is 1. The van der Waals surface area contributed by atoms with Gasteiger partial charge in [0.15, 0.2) is 6.10 Å². The summed E-state index contributed by atoms with van der Waals surface area (Å²) in [6, 6.07) is 10.1. The molecule has 2 aromatic rings. The van der Waals surface area contributed by atoms with Crippen molar-refractivity contribution in [2.45, 2.75) is 38.8 Å². The summed E-state index contributed by atoms with van der Waals surface area (Å²) in [6.45, 7) is 5.84. The number of aryl methyl sites for hydroxylation is 2. The number of rotatable bonds is 5. The first kappa shape index (κ1) is 17.2. The highest BCUT2D eigenvalue weighted by molar-refractivity contribution is 5.81. The van der Waals surface area contributed by atoms with Gasteiger partial charge in [0.25, 0.3) is 5.91 Å². The van der Waals surface area contributed by atoms with Gasteiger partial charge >= 0.3 is 0 Å². The third kappa shape index (κ3) is 3.78. The highest BCUT2D eigenvalue weighted by atomic mass is 16.5. The fourth-order valence-corrected chi connectivity index (χ4v) is 3.88. The van der Waals surface area contributed by atoms with Gasteiger partial charge in [-0.05, 0) is 61.6 Å². The maximum atomic E-state index is 12.7. The smallest absolute Gasteiger partial charge is 0.263 e. The molecular formula is C21H26N2O3. The van der Waals surface area contributed by atoms with E-state index in [-0.39, 0.29) is 5.91 Å². The molecule has 5 nitrogen and oxygen atoms in total. The van der Waals surface area contributed by atoms with E-state index in [1.165, 1.54) is 17.5 Å². The molecule has 138 valence electrons. The molecule has 4 rings (SSSR count). The minimum absolute atomic E-state index is 0.0724. The van der Waals surface area contributed by atoms with Gasteiger partial charge in [-0.2, -0.15) is 0 Å². The predicted octanol–water partition coefficient (Wildman–Crippen LogP) is 2.88. The number of piperazine rings is 1. The zero-order valence-corrected chi connectivity index (χ0v) is 15.3. The van der Waals surface area contributed by atoms with Crippen LogP contribution in [0.3, 0.4) is 0 Å². The molecule has 1 aromatic carbocycles. The summed E-state index contributed by atoms with van der Waals surface area (Å²) >= 11 is 0. The van der Waals surface area contributed by atoms with Crippen molar-refractivity contribution >= 4 is 5.91 Å². The van der Waals surface area contributed by atoms with Crippen LogP contribution in [0.25, 0.3) is 0 Å². The molecule has 0 N–H and O–H groups in total. The zero-order chi connectivity index (χ0) is 17.9. The Morgan fingerprint density at radius 2 is 1.96 bits per heavy atom. The number of hydrogen-bond acceptors (Lipinski definition) is 4. The van der Waals surface area contributed by atoms with Gasteiger partial charge < -0.3 is 14.1 Å². The highest BCUT2D eigenvalue weighted by Gasteiger charge is 2.26. The van der Waals surface area contributed by atoms with E-state index in [0.29, 0.717) is 0 Å². The Balaban J connectivity index is 1.29. The molecule has 1 aliphatic heterocycles. The summed E-state index contributed by atoms with van der Waals surface area (Å²) in [4.78, 5) is 17.0. The number of hydrogen-bond donors (Lipinski definition) is 0. The summed E-state index contributed by atoms with van der Waals surface area (Å²) < 4.78 is 11.4. The molecule has 2 aliphatic rings. The van der Waals surface area contributed by atoms with Gasteiger partial charge in [0.1, 0.15) is 11.5 Å². The van der Waals surface area contributed by atoms with Gasteiger partial charge in [0.2, 0.25) is 0 Å². The van der Waals surface area contributed by atoms with E-state index in [0.717, 1.165) is 57.1 Å². The van der Waals surface area contributed by atoms with Crippen LogP contribution in [0.4, 0.5) is 0 Å². The summed E-state index contributed by atoms with van der Waals surface area (Å²) in [5, 5.41) is 0. The van der Waals surface area contributed by atoms with Crippen molar-refractivity contribution in [2.75, 3.05) is 26.2 Å². The number of fused-ring (bicyclic) bond motifs is 1. The lowest BCUT2D eigenvalue weighted by Gasteiger charge is -2.35. The van der Waals surface area contributed by atoms with Gasteiger partial charge in [-0.1, -0.05) is 6.07 Å². The number of furan rings is 1. The minimum atomic E-state index is -0.453. The number of benzene rings is 1. The molecule has 1 fully saturated rings. The zero-order valence-electron chi connectivity index (χ0n) is 15.3. The molecule has 2 heterocycles. The second kappa shape index (κ2) is 7.54. The van der Waals surface area contributed by atoms with E-state index in [1.54, 1.807) is 6.26 Å². The molecule has 0 unspecified atom stereocenters. The Morgan fingerprint density at radius 1 is 1.15 bits per heavy atom. The van der Waals surface area contributed by atoms with Crippen LogP contribution in [0.2, 0.25) is 0 Å². The van der Waals surface area contributed by atoms with Crippen molar-refractivity contribution in [3.05, 3.63) is 53.5 Å². The van der Waals surface area contributed by atoms with Crippen LogP contribution in [0.5, 0.6) is 5.75 Å². The van der Waals surface area contributed by atoms with Crippen molar-refractivity contribution in [3.8, 4) is 5.75 Å². The number of nitrogens with zero attached hydrogens (tertiary/aromatic N) is 2. The van der Waals surface area contributed by atoms with Crippen molar-refractivity contribution < 1.29 is 13.9 Å². The van der Waals surface area contributed by atoms with Gasteiger partial charge in [-0.3, -0.25) is 9.69 Å². The molecule has 1 amide bonds. The van der Waals surface area contributed by atoms with Gasteiger partial charge in [0, 0.05) is 26.2 Å². The average Bonchev–Trinajstić information content (AvgIpc) is 3.33. The Morgan fingerprint density at radius 3 is 2.73 bits per heavy atom. The van der Waals surface area contributed by atoms with Gasteiger partial charge in [-0.15, -0.1) is 0 Å². The summed E-state index contributed by atoms with van der Waals surface area (Å²) in [5.74, 6) is 1.85. The summed E-state index contributed by atoms with van der Waals surface area (Å²) in [5.41, 5.74) is 2.79. The first-order valence-electron chi connectivity index (χ1n) is 9.51. The Kier molecular flexibility index (Phi) is 4.98. The highest BCUT2D eigenvalue weighted by Crippen LogP contribution is 2.26. The quantitative estimate of drug-likeness (QED) is 0.828. The maximum Gasteiger partial charge on any atom is 0.263 e. The first-order chi connectivity index (χ1) is 12.7. The van der Waals surface area contributed by atoms with Crippen molar-refractivity contribution in [2.24, 2.45) is 0 Å². The molecule has 5 heteroatoms. The maximum absolute atomic E-state index is 12.7. The fourth-order valence-electron chi connectivity index (χ4n) is 3.88. The van der Waals surface area contributed by atoms with Crippen molar-refractivity contribution in [1.82, 2.24) is 9.80 Å². The summed E-state index contributed by atoms with van der Waals surface area (Å²) in [6.07, 6.45) is 4.74. The van der Waals surface area contributed by atoms with E-state index in [1.807, 2.05) is 30.0 Å². The lowest BCUT2D eigenvalue weighted by atomic mass is 10.1. The first-order valence-corrected chi connectivity index (χ1v) is 9.51. The molecule has 1 aromatic heterocycles. The van der Waals surface area contributed by atoms with E-state index < -0.39 is 6.10 Å². The van der Waals surface area contributed by atoms with Crippen LogP contribution in [0, 0.1) is 0 Å². The van der Waals surface area contributed by atoms with Crippen LogP contribution in [0.15, 0.2) is 41.0 Å². The molecule has 0 spiro atoms. The van der Waals surface area contributed by atoms with Gasteiger partial charge in [-0.25, -0.2) is 0 Å². The molecule has 0 radical (unpaired) electrons. The third-order valence-electron chi connectivity index (χ3n) is 5.37. The lowest BCUT2D eigenvalue weighted by molar-refractivity contribution is -0.139. The Hall–Kier alpha value is -2.27. The van der Waals surface area contributed by atoms with Crippen LogP contribution >= 0.6 is 0 Å². The molecule has 1 aliphatic carbocycles. The van der Waals surface area contributed by atoms with Crippen LogP contribution in [0.1, 0.15) is 30.2 Å². The fraction of sp³-hybridized carbons (Fsp3) is 0.476. The molecular weight excluding hydrogens is 328 g/mol.